The van der Waals surface area contributed by atoms with E-state index >= 15 is 0 Å². The molecule has 0 saturated heterocycles. The summed E-state index contributed by atoms with van der Waals surface area (Å²) in [7, 11) is 1.71. The molecule has 0 fully saturated rings. The van der Waals surface area contributed by atoms with Gasteiger partial charge in [0.2, 0.25) is 0 Å². The molecule has 128 valence electrons. The zero-order valence-electron chi connectivity index (χ0n) is 14.8. The molecule has 2 rings (SSSR count). The Morgan fingerprint density at radius 1 is 1.12 bits per heavy atom. The first-order valence-electron chi connectivity index (χ1n) is 8.44. The van der Waals surface area contributed by atoms with Crippen molar-refractivity contribution in [1.29, 1.82) is 0 Å². The highest BCUT2D eigenvalue weighted by Crippen LogP contribution is 2.29. The summed E-state index contributed by atoms with van der Waals surface area (Å²) in [5.41, 5.74) is 8.55. The molecular weight excluding hydrogens is 298 g/mol. The molecule has 0 bridgehead atoms. The summed E-state index contributed by atoms with van der Waals surface area (Å²) in [5, 5.41) is 0. The van der Waals surface area contributed by atoms with Gasteiger partial charge in [0.05, 0.1) is 6.54 Å². The molecule has 0 amide bonds. The minimum atomic E-state index is 0.461. The predicted octanol–water partition coefficient (Wildman–Crippen LogP) is 4.03. The number of anilines is 1. The molecule has 0 saturated carbocycles. The van der Waals surface area contributed by atoms with Crippen LogP contribution in [-0.4, -0.2) is 26.2 Å². The Kier molecular flexibility index (Phi) is 6.67. The van der Waals surface area contributed by atoms with E-state index in [4.69, 9.17) is 10.5 Å². The number of aliphatic imine (C=N–C) groups is 1. The van der Waals surface area contributed by atoms with Crippen molar-refractivity contribution in [3.05, 3.63) is 60.2 Å². The molecule has 0 spiro atoms. The highest BCUT2D eigenvalue weighted by molar-refractivity contribution is 5.95. The van der Waals surface area contributed by atoms with E-state index in [0.29, 0.717) is 25.0 Å². The first-order valence-corrected chi connectivity index (χ1v) is 8.44. The topological polar surface area (TPSA) is 50.9 Å². The van der Waals surface area contributed by atoms with Gasteiger partial charge in [-0.3, -0.25) is 4.99 Å². The van der Waals surface area contributed by atoms with E-state index in [2.05, 4.69) is 37.0 Å². The number of ether oxygens (including phenoxy) is 1. The fourth-order valence-electron chi connectivity index (χ4n) is 2.62. The quantitative estimate of drug-likeness (QED) is 0.617. The summed E-state index contributed by atoms with van der Waals surface area (Å²) >= 11 is 0. The number of para-hydroxylation sites is 2. The summed E-state index contributed by atoms with van der Waals surface area (Å²) < 4.78 is 5.83. The zero-order chi connectivity index (χ0) is 17.4. The minimum absolute atomic E-state index is 0.461. The maximum absolute atomic E-state index is 6.16. The van der Waals surface area contributed by atoms with E-state index in [1.807, 2.05) is 41.3 Å². The van der Waals surface area contributed by atoms with Crippen molar-refractivity contribution in [3.8, 4) is 5.75 Å². The van der Waals surface area contributed by atoms with Crippen molar-refractivity contribution < 1.29 is 4.74 Å². The highest BCUT2D eigenvalue weighted by atomic mass is 16.5. The molecule has 1 atom stereocenters. The smallest absolute Gasteiger partial charge is 0.195 e. The second-order valence-electron chi connectivity index (χ2n) is 5.76. The lowest BCUT2D eigenvalue weighted by molar-refractivity contribution is 0.328. The molecule has 1 unspecified atom stereocenters. The van der Waals surface area contributed by atoms with Crippen LogP contribution >= 0.6 is 0 Å². The van der Waals surface area contributed by atoms with Gasteiger partial charge in [0, 0.05) is 12.7 Å². The van der Waals surface area contributed by atoms with Gasteiger partial charge in [-0.25, -0.2) is 0 Å². The minimum Gasteiger partial charge on any atom is -0.492 e. The summed E-state index contributed by atoms with van der Waals surface area (Å²) in [5.74, 6) is 1.82. The Hall–Kier alpha value is -2.49. The monoisotopic (exact) mass is 325 g/mol. The van der Waals surface area contributed by atoms with Crippen molar-refractivity contribution in [2.45, 2.75) is 26.2 Å². The van der Waals surface area contributed by atoms with Crippen LogP contribution in [0, 0.1) is 0 Å². The molecule has 0 heterocycles. The van der Waals surface area contributed by atoms with Crippen molar-refractivity contribution in [1.82, 2.24) is 0 Å². The van der Waals surface area contributed by atoms with Gasteiger partial charge in [-0.1, -0.05) is 50.2 Å². The van der Waals surface area contributed by atoms with Crippen molar-refractivity contribution in [2.75, 3.05) is 25.1 Å². The molecule has 0 aliphatic heterocycles. The molecule has 2 N–H and O–H groups in total. The van der Waals surface area contributed by atoms with Gasteiger partial charge in [-0.2, -0.15) is 0 Å². The van der Waals surface area contributed by atoms with Gasteiger partial charge < -0.3 is 15.4 Å². The van der Waals surface area contributed by atoms with Gasteiger partial charge in [0.1, 0.15) is 12.4 Å². The third-order valence-corrected chi connectivity index (χ3v) is 4.20. The lowest BCUT2D eigenvalue weighted by atomic mass is 9.96. The SMILES string of the molecule is CCC(C)c1ccccc1N(CCOc1ccccc1)C(N)=NC. The van der Waals surface area contributed by atoms with Gasteiger partial charge in [0.15, 0.2) is 5.96 Å². The van der Waals surface area contributed by atoms with Gasteiger partial charge in [0.25, 0.3) is 0 Å². The molecule has 0 aliphatic carbocycles. The van der Waals surface area contributed by atoms with E-state index in [9.17, 15) is 0 Å². The zero-order valence-corrected chi connectivity index (χ0v) is 14.8. The molecular formula is C20H27N3O. The Morgan fingerprint density at radius 3 is 2.46 bits per heavy atom. The van der Waals surface area contributed by atoms with Crippen molar-refractivity contribution >= 4 is 11.6 Å². The number of rotatable bonds is 7. The number of nitrogens with zero attached hydrogens (tertiary/aromatic N) is 2. The first kappa shape index (κ1) is 17.9. The summed E-state index contributed by atoms with van der Waals surface area (Å²) in [6.07, 6.45) is 1.08. The lowest BCUT2D eigenvalue weighted by Gasteiger charge is -2.27. The average Bonchev–Trinajstić information content (AvgIpc) is 2.65. The molecule has 0 radical (unpaired) electrons. The maximum atomic E-state index is 6.16. The molecule has 2 aromatic carbocycles. The van der Waals surface area contributed by atoms with Crippen LogP contribution in [0.25, 0.3) is 0 Å². The van der Waals surface area contributed by atoms with E-state index < -0.39 is 0 Å². The Morgan fingerprint density at radius 2 is 1.79 bits per heavy atom. The Labute approximate surface area is 145 Å². The Bertz CT molecular complexity index is 655. The number of nitrogens with two attached hydrogens (primary N) is 1. The molecule has 2 aromatic rings. The van der Waals surface area contributed by atoms with Crippen LogP contribution in [0.15, 0.2) is 59.6 Å². The standard InChI is InChI=1S/C20H27N3O/c1-4-16(2)18-12-8-9-13-19(18)23(20(21)22-3)14-15-24-17-10-6-5-7-11-17/h5-13,16H,4,14-15H2,1-3H3,(H2,21,22). The third kappa shape index (κ3) is 4.51. The van der Waals surface area contributed by atoms with Gasteiger partial charge >= 0.3 is 0 Å². The second-order valence-corrected chi connectivity index (χ2v) is 5.76. The van der Waals surface area contributed by atoms with E-state index in [0.717, 1.165) is 17.9 Å². The van der Waals surface area contributed by atoms with Crippen LogP contribution in [0.3, 0.4) is 0 Å². The molecule has 4 nitrogen and oxygen atoms in total. The predicted molar refractivity (Wildman–Crippen MR) is 102 cm³/mol. The largest absolute Gasteiger partial charge is 0.492 e. The molecule has 0 aromatic heterocycles. The van der Waals surface area contributed by atoms with Crippen LogP contribution in [0.2, 0.25) is 0 Å². The normalized spacial score (nSPS) is 12.7. The van der Waals surface area contributed by atoms with Gasteiger partial charge in [-0.05, 0) is 36.1 Å². The molecule has 0 aliphatic rings. The van der Waals surface area contributed by atoms with Crippen LogP contribution < -0.4 is 15.4 Å². The van der Waals surface area contributed by atoms with E-state index in [-0.39, 0.29) is 0 Å². The van der Waals surface area contributed by atoms with Crippen molar-refractivity contribution in [2.24, 2.45) is 10.7 Å². The first-order chi connectivity index (χ1) is 11.7. The van der Waals surface area contributed by atoms with Crippen LogP contribution in [0.4, 0.5) is 5.69 Å². The number of hydrogen-bond donors (Lipinski definition) is 1. The number of hydrogen-bond acceptors (Lipinski definition) is 2. The summed E-state index contributed by atoms with van der Waals surface area (Å²) in [4.78, 5) is 6.21. The van der Waals surface area contributed by atoms with E-state index in [1.165, 1.54) is 5.56 Å². The number of guanidine groups is 1. The van der Waals surface area contributed by atoms with E-state index in [1.54, 1.807) is 7.05 Å². The third-order valence-electron chi connectivity index (χ3n) is 4.20. The van der Waals surface area contributed by atoms with Crippen LogP contribution in [0.1, 0.15) is 31.7 Å². The Balaban J connectivity index is 2.17. The van der Waals surface area contributed by atoms with Crippen LogP contribution in [0.5, 0.6) is 5.75 Å². The summed E-state index contributed by atoms with van der Waals surface area (Å²) in [6, 6.07) is 18.2. The highest BCUT2D eigenvalue weighted by Gasteiger charge is 2.17. The molecule has 24 heavy (non-hydrogen) atoms. The average molecular weight is 325 g/mol. The fraction of sp³-hybridized carbons (Fsp3) is 0.350. The fourth-order valence-corrected chi connectivity index (χ4v) is 2.62. The molecule has 4 heteroatoms. The summed E-state index contributed by atoms with van der Waals surface area (Å²) in [6.45, 7) is 5.61. The maximum Gasteiger partial charge on any atom is 0.195 e. The number of benzene rings is 2. The van der Waals surface area contributed by atoms with Gasteiger partial charge in [-0.15, -0.1) is 0 Å². The lowest BCUT2D eigenvalue weighted by Crippen LogP contribution is -2.40. The van der Waals surface area contributed by atoms with Crippen molar-refractivity contribution in [3.63, 3.8) is 0 Å². The van der Waals surface area contributed by atoms with Crippen LogP contribution in [-0.2, 0) is 0 Å². The second kappa shape index (κ2) is 8.96.